The minimum atomic E-state index is -0.315. The molecule has 24 heavy (non-hydrogen) atoms. The van der Waals surface area contributed by atoms with E-state index in [0.29, 0.717) is 11.5 Å². The maximum atomic E-state index is 12.1. The van der Waals surface area contributed by atoms with E-state index in [9.17, 15) is 9.90 Å². The highest BCUT2D eigenvalue weighted by Gasteiger charge is 2.38. The zero-order chi connectivity index (χ0) is 17.3. The van der Waals surface area contributed by atoms with Gasteiger partial charge >= 0.3 is 5.97 Å². The van der Waals surface area contributed by atoms with Gasteiger partial charge in [0, 0.05) is 11.5 Å². The number of aromatic nitrogens is 2. The first-order valence-corrected chi connectivity index (χ1v) is 9.10. The highest BCUT2D eigenvalue weighted by molar-refractivity contribution is 7.20. The third-order valence-electron chi connectivity index (χ3n) is 4.94. The zero-order valence-electron chi connectivity index (χ0n) is 14.3. The average molecular weight is 349 g/mol. The molecule has 7 heteroatoms. The molecule has 1 saturated carbocycles. The largest absolute Gasteiger partial charge is 0.462 e. The van der Waals surface area contributed by atoms with Crippen LogP contribution in [0, 0.1) is 12.3 Å². The van der Waals surface area contributed by atoms with Gasteiger partial charge < -0.3 is 15.2 Å². The lowest BCUT2D eigenvalue weighted by Gasteiger charge is -2.30. The SMILES string of the molecule is CCOC(=O)c1sc2ncnc(N[C@H]3CCC[C@@]3(C)CO)c2c1C. The normalized spacial score (nSPS) is 23.6. The van der Waals surface area contributed by atoms with Crippen LogP contribution >= 0.6 is 11.3 Å². The van der Waals surface area contributed by atoms with Crippen LogP contribution in [-0.4, -0.2) is 40.3 Å². The maximum absolute atomic E-state index is 12.1. The Morgan fingerprint density at radius 3 is 3.04 bits per heavy atom. The summed E-state index contributed by atoms with van der Waals surface area (Å²) in [6.07, 6.45) is 4.59. The van der Waals surface area contributed by atoms with Crippen molar-refractivity contribution in [1.29, 1.82) is 0 Å². The molecule has 0 amide bonds. The topological polar surface area (TPSA) is 84.3 Å². The number of rotatable bonds is 5. The van der Waals surface area contributed by atoms with Crippen molar-refractivity contribution in [3.8, 4) is 0 Å². The van der Waals surface area contributed by atoms with E-state index in [-0.39, 0.29) is 24.0 Å². The second-order valence-corrected chi connectivity index (χ2v) is 7.58. The number of aliphatic hydroxyl groups is 1. The van der Waals surface area contributed by atoms with Gasteiger partial charge in [0.25, 0.3) is 0 Å². The predicted octanol–water partition coefficient (Wildman–Crippen LogP) is 3.14. The van der Waals surface area contributed by atoms with Crippen LogP contribution < -0.4 is 5.32 Å². The number of carbonyl (C=O) groups is 1. The summed E-state index contributed by atoms with van der Waals surface area (Å²) < 4.78 is 5.13. The van der Waals surface area contributed by atoms with Crippen molar-refractivity contribution in [1.82, 2.24) is 9.97 Å². The van der Waals surface area contributed by atoms with Gasteiger partial charge in [0.1, 0.15) is 21.9 Å². The summed E-state index contributed by atoms with van der Waals surface area (Å²) in [6.45, 7) is 6.29. The number of thiophene rings is 1. The van der Waals surface area contributed by atoms with E-state index < -0.39 is 0 Å². The summed E-state index contributed by atoms with van der Waals surface area (Å²) in [5.74, 6) is 0.417. The van der Waals surface area contributed by atoms with Gasteiger partial charge in [-0.1, -0.05) is 13.3 Å². The Kier molecular flexibility index (Phi) is 4.73. The van der Waals surface area contributed by atoms with E-state index in [1.807, 2.05) is 6.92 Å². The molecule has 130 valence electrons. The van der Waals surface area contributed by atoms with E-state index in [1.54, 1.807) is 6.92 Å². The average Bonchev–Trinajstić information content (AvgIpc) is 3.10. The molecule has 6 nitrogen and oxygen atoms in total. The van der Waals surface area contributed by atoms with Crippen LogP contribution in [0.5, 0.6) is 0 Å². The van der Waals surface area contributed by atoms with Gasteiger partial charge in [0.15, 0.2) is 0 Å². The zero-order valence-corrected chi connectivity index (χ0v) is 15.1. The molecular weight excluding hydrogens is 326 g/mol. The molecule has 2 aromatic heterocycles. The summed E-state index contributed by atoms with van der Waals surface area (Å²) in [5, 5.41) is 14.1. The summed E-state index contributed by atoms with van der Waals surface area (Å²) >= 11 is 1.33. The molecule has 2 aromatic rings. The van der Waals surface area contributed by atoms with Crippen molar-refractivity contribution in [2.45, 2.75) is 46.1 Å². The lowest BCUT2D eigenvalue weighted by atomic mass is 9.86. The lowest BCUT2D eigenvalue weighted by Crippen LogP contribution is -2.36. The maximum Gasteiger partial charge on any atom is 0.348 e. The quantitative estimate of drug-likeness (QED) is 0.807. The number of aliphatic hydroxyl groups excluding tert-OH is 1. The number of anilines is 1. The number of fused-ring (bicyclic) bond motifs is 1. The fourth-order valence-corrected chi connectivity index (χ4v) is 4.45. The van der Waals surface area contributed by atoms with Gasteiger partial charge in [-0.15, -0.1) is 11.3 Å². The minimum Gasteiger partial charge on any atom is -0.462 e. The number of esters is 1. The number of nitrogens with one attached hydrogen (secondary N) is 1. The van der Waals surface area contributed by atoms with E-state index in [0.717, 1.165) is 40.9 Å². The lowest BCUT2D eigenvalue weighted by molar-refractivity contribution is 0.0531. The first-order chi connectivity index (χ1) is 11.5. The molecule has 1 fully saturated rings. The van der Waals surface area contributed by atoms with Crippen molar-refractivity contribution >= 4 is 33.3 Å². The summed E-state index contributed by atoms with van der Waals surface area (Å²) in [5.41, 5.74) is 0.700. The van der Waals surface area contributed by atoms with Gasteiger partial charge in [0.2, 0.25) is 0 Å². The Morgan fingerprint density at radius 1 is 1.54 bits per heavy atom. The Balaban J connectivity index is 1.98. The van der Waals surface area contributed by atoms with Crippen LogP contribution in [0.25, 0.3) is 10.2 Å². The van der Waals surface area contributed by atoms with Crippen molar-refractivity contribution in [2.24, 2.45) is 5.41 Å². The van der Waals surface area contributed by atoms with Gasteiger partial charge in [-0.2, -0.15) is 0 Å². The van der Waals surface area contributed by atoms with Crippen molar-refractivity contribution in [3.05, 3.63) is 16.8 Å². The number of nitrogens with zero attached hydrogens (tertiary/aromatic N) is 2. The van der Waals surface area contributed by atoms with Crippen LogP contribution in [-0.2, 0) is 4.74 Å². The Bertz CT molecular complexity index is 761. The number of ether oxygens (including phenoxy) is 1. The van der Waals surface area contributed by atoms with Crippen LogP contribution in [0.1, 0.15) is 48.3 Å². The molecule has 2 N–H and O–H groups in total. The molecule has 0 aliphatic heterocycles. The third-order valence-corrected chi connectivity index (χ3v) is 6.12. The molecule has 0 radical (unpaired) electrons. The fourth-order valence-electron chi connectivity index (χ4n) is 3.41. The second-order valence-electron chi connectivity index (χ2n) is 6.58. The van der Waals surface area contributed by atoms with Crippen LogP contribution in [0.15, 0.2) is 6.33 Å². The van der Waals surface area contributed by atoms with Crippen LogP contribution in [0.4, 0.5) is 5.82 Å². The molecule has 1 aliphatic carbocycles. The monoisotopic (exact) mass is 349 g/mol. The smallest absolute Gasteiger partial charge is 0.348 e. The van der Waals surface area contributed by atoms with Gasteiger partial charge in [-0.05, 0) is 32.3 Å². The Hall–Kier alpha value is -1.73. The summed E-state index contributed by atoms with van der Waals surface area (Å²) in [6, 6.07) is 0.158. The van der Waals surface area contributed by atoms with E-state index in [2.05, 4.69) is 22.2 Å². The molecule has 0 spiro atoms. The number of hydrogen-bond acceptors (Lipinski definition) is 7. The molecule has 0 aromatic carbocycles. The third kappa shape index (κ3) is 2.86. The molecule has 1 aliphatic rings. The molecule has 0 bridgehead atoms. The van der Waals surface area contributed by atoms with Crippen molar-refractivity contribution < 1.29 is 14.6 Å². The van der Waals surface area contributed by atoms with E-state index in [1.165, 1.54) is 17.7 Å². The predicted molar refractivity (Wildman–Crippen MR) is 94.6 cm³/mol. The number of carbonyl (C=O) groups excluding carboxylic acids is 1. The highest BCUT2D eigenvalue weighted by Crippen LogP contribution is 2.41. The molecule has 3 rings (SSSR count). The van der Waals surface area contributed by atoms with Crippen molar-refractivity contribution in [2.75, 3.05) is 18.5 Å². The van der Waals surface area contributed by atoms with Gasteiger partial charge in [-0.25, -0.2) is 14.8 Å². The van der Waals surface area contributed by atoms with Gasteiger partial charge in [0.05, 0.1) is 18.6 Å². The summed E-state index contributed by atoms with van der Waals surface area (Å²) in [7, 11) is 0. The Labute approximate surface area is 145 Å². The number of hydrogen-bond donors (Lipinski definition) is 2. The number of aryl methyl sites for hydroxylation is 1. The highest BCUT2D eigenvalue weighted by atomic mass is 32.1. The summed E-state index contributed by atoms with van der Waals surface area (Å²) in [4.78, 5) is 22.2. The molecular formula is C17H23N3O3S. The van der Waals surface area contributed by atoms with Crippen LogP contribution in [0.2, 0.25) is 0 Å². The first-order valence-electron chi connectivity index (χ1n) is 8.28. The second kappa shape index (κ2) is 6.64. The fraction of sp³-hybridized carbons (Fsp3) is 0.588. The minimum absolute atomic E-state index is 0.148. The van der Waals surface area contributed by atoms with Gasteiger partial charge in [-0.3, -0.25) is 0 Å². The van der Waals surface area contributed by atoms with E-state index >= 15 is 0 Å². The standard InChI is InChI=1S/C17H23N3O3S/c1-4-23-16(22)13-10(2)12-14(18-9-19-15(12)24-13)20-11-6-5-7-17(11,3)8-21/h9,11,21H,4-8H2,1-3H3,(H,18,19,20)/t11-,17-/m0/s1. The first kappa shape index (κ1) is 17.1. The molecule has 2 heterocycles. The molecule has 0 saturated heterocycles. The van der Waals surface area contributed by atoms with Crippen LogP contribution in [0.3, 0.4) is 0 Å². The molecule has 0 unspecified atom stereocenters. The Morgan fingerprint density at radius 2 is 2.33 bits per heavy atom. The molecule has 2 atom stereocenters. The van der Waals surface area contributed by atoms with E-state index in [4.69, 9.17) is 4.74 Å². The van der Waals surface area contributed by atoms with Crippen molar-refractivity contribution in [3.63, 3.8) is 0 Å².